The van der Waals surface area contributed by atoms with E-state index in [0.717, 1.165) is 5.56 Å². The average Bonchev–Trinajstić information content (AvgIpc) is 2.68. The summed E-state index contributed by atoms with van der Waals surface area (Å²) in [5, 5.41) is 0. The molecule has 0 radical (unpaired) electrons. The fourth-order valence-electron chi connectivity index (χ4n) is 3.40. The van der Waals surface area contributed by atoms with Crippen molar-refractivity contribution in [1.29, 1.82) is 0 Å². The highest BCUT2D eigenvalue weighted by Crippen LogP contribution is 2.25. The number of hydrogen-bond acceptors (Lipinski definition) is 6. The molecule has 28 heavy (non-hydrogen) atoms. The first kappa shape index (κ1) is 21.7. The highest BCUT2D eigenvalue weighted by molar-refractivity contribution is 5.91. The van der Waals surface area contributed by atoms with Gasteiger partial charge in [-0.1, -0.05) is 44.2 Å². The van der Waals surface area contributed by atoms with Crippen molar-refractivity contribution in [3.63, 3.8) is 0 Å². The Bertz CT molecular complexity index is 698. The number of rotatable bonds is 9. The Morgan fingerprint density at radius 3 is 2.57 bits per heavy atom. The van der Waals surface area contributed by atoms with Crippen LogP contribution in [-0.4, -0.2) is 41.8 Å². The van der Waals surface area contributed by atoms with Crippen molar-refractivity contribution in [1.82, 2.24) is 4.90 Å². The van der Waals surface area contributed by atoms with Crippen molar-refractivity contribution >= 4 is 17.7 Å². The number of esters is 2. The third-order valence-corrected chi connectivity index (χ3v) is 4.86. The number of allylic oxidation sites excluding steroid dienone is 1. The lowest BCUT2D eigenvalue weighted by Gasteiger charge is -2.39. The van der Waals surface area contributed by atoms with Crippen LogP contribution in [0.2, 0.25) is 0 Å². The number of carbonyl (C=O) groups excluding carboxylic acids is 3. The molecule has 0 unspecified atom stereocenters. The summed E-state index contributed by atoms with van der Waals surface area (Å²) < 4.78 is 10.2. The van der Waals surface area contributed by atoms with Crippen molar-refractivity contribution in [2.45, 2.75) is 58.2 Å². The van der Waals surface area contributed by atoms with Crippen LogP contribution < -0.4 is 0 Å². The monoisotopic (exact) mass is 387 g/mol. The third kappa shape index (κ3) is 6.22. The Morgan fingerprint density at radius 2 is 1.93 bits per heavy atom. The molecular formula is C22H29NO5. The van der Waals surface area contributed by atoms with Crippen molar-refractivity contribution in [2.24, 2.45) is 5.92 Å². The molecular weight excluding hydrogens is 358 g/mol. The second-order valence-electron chi connectivity index (χ2n) is 7.34. The first-order valence-electron chi connectivity index (χ1n) is 9.68. The highest BCUT2D eigenvalue weighted by Gasteiger charge is 2.35. The summed E-state index contributed by atoms with van der Waals surface area (Å²) in [5.74, 6) is -0.550. The molecule has 1 aliphatic heterocycles. The quantitative estimate of drug-likeness (QED) is 0.606. The van der Waals surface area contributed by atoms with Gasteiger partial charge >= 0.3 is 11.9 Å². The lowest BCUT2D eigenvalue weighted by Crippen LogP contribution is -2.49. The van der Waals surface area contributed by atoms with E-state index < -0.39 is 6.04 Å². The van der Waals surface area contributed by atoms with Crippen molar-refractivity contribution < 1.29 is 23.9 Å². The van der Waals surface area contributed by atoms with E-state index in [9.17, 15) is 14.4 Å². The molecule has 1 heterocycles. The summed E-state index contributed by atoms with van der Waals surface area (Å²) in [7, 11) is 1.36. The first-order chi connectivity index (χ1) is 13.4. The SMILES string of the molecule is COC(=O)CCC[C@@H]1CC(=O)C=CN1[C@@H](C(=O)OCc1ccccc1)C(C)C. The van der Waals surface area contributed by atoms with Gasteiger partial charge in [0, 0.05) is 25.1 Å². The van der Waals surface area contributed by atoms with Crippen LogP contribution in [0.25, 0.3) is 0 Å². The third-order valence-electron chi connectivity index (χ3n) is 4.86. The van der Waals surface area contributed by atoms with Gasteiger partial charge in [0.15, 0.2) is 5.78 Å². The molecule has 0 fully saturated rings. The van der Waals surface area contributed by atoms with Crippen molar-refractivity contribution in [3.8, 4) is 0 Å². The molecule has 0 bridgehead atoms. The van der Waals surface area contributed by atoms with Crippen molar-refractivity contribution in [3.05, 3.63) is 48.2 Å². The Hall–Kier alpha value is -2.63. The van der Waals surface area contributed by atoms with E-state index in [-0.39, 0.29) is 36.3 Å². The van der Waals surface area contributed by atoms with Gasteiger partial charge in [-0.2, -0.15) is 0 Å². The van der Waals surface area contributed by atoms with Gasteiger partial charge < -0.3 is 14.4 Å². The van der Waals surface area contributed by atoms with Gasteiger partial charge in [0.2, 0.25) is 0 Å². The second kappa shape index (κ2) is 10.6. The molecule has 1 aromatic rings. The Morgan fingerprint density at radius 1 is 1.21 bits per heavy atom. The van der Waals surface area contributed by atoms with Gasteiger partial charge in [0.25, 0.3) is 0 Å². The molecule has 0 amide bonds. The highest BCUT2D eigenvalue weighted by atomic mass is 16.5. The number of ether oxygens (including phenoxy) is 2. The molecule has 6 nitrogen and oxygen atoms in total. The van der Waals surface area contributed by atoms with E-state index in [1.165, 1.54) is 13.2 Å². The average molecular weight is 387 g/mol. The maximum Gasteiger partial charge on any atom is 0.329 e. The van der Waals surface area contributed by atoms with E-state index in [1.807, 2.05) is 49.1 Å². The maximum atomic E-state index is 12.9. The molecule has 0 spiro atoms. The molecule has 152 valence electrons. The summed E-state index contributed by atoms with van der Waals surface area (Å²) in [6.07, 6.45) is 5.05. The molecule has 6 heteroatoms. The molecule has 0 aliphatic carbocycles. The summed E-state index contributed by atoms with van der Waals surface area (Å²) in [4.78, 5) is 38.1. The minimum absolute atomic E-state index is 0.00392. The second-order valence-corrected chi connectivity index (χ2v) is 7.34. The van der Waals surface area contributed by atoms with Gasteiger partial charge in [0.05, 0.1) is 7.11 Å². The molecule has 2 atom stereocenters. The largest absolute Gasteiger partial charge is 0.469 e. The minimum Gasteiger partial charge on any atom is -0.469 e. The predicted octanol–water partition coefficient (Wildman–Crippen LogP) is 3.25. The predicted molar refractivity (Wildman–Crippen MR) is 105 cm³/mol. The molecule has 1 aliphatic rings. The van der Waals surface area contributed by atoms with Crippen LogP contribution >= 0.6 is 0 Å². The van der Waals surface area contributed by atoms with Gasteiger partial charge in [-0.15, -0.1) is 0 Å². The molecule has 0 N–H and O–H groups in total. The number of ketones is 1. The smallest absolute Gasteiger partial charge is 0.329 e. The van der Waals surface area contributed by atoms with E-state index in [4.69, 9.17) is 4.74 Å². The minimum atomic E-state index is -0.490. The summed E-state index contributed by atoms with van der Waals surface area (Å²) in [6, 6.07) is 8.91. The van der Waals surface area contributed by atoms with E-state index in [2.05, 4.69) is 4.74 Å². The van der Waals surface area contributed by atoms with Gasteiger partial charge in [-0.3, -0.25) is 9.59 Å². The Kier molecular flexibility index (Phi) is 8.23. The first-order valence-corrected chi connectivity index (χ1v) is 9.68. The van der Waals surface area contributed by atoms with Crippen LogP contribution in [0.4, 0.5) is 0 Å². The number of methoxy groups -OCH3 is 1. The van der Waals surface area contributed by atoms with Crippen LogP contribution in [0.5, 0.6) is 0 Å². The zero-order valence-corrected chi connectivity index (χ0v) is 16.8. The molecule has 0 saturated carbocycles. The zero-order chi connectivity index (χ0) is 20.5. The lowest BCUT2D eigenvalue weighted by atomic mass is 9.93. The standard InChI is InChI=1S/C22H29NO5/c1-16(2)21(22(26)28-15-17-8-5-4-6-9-17)23-13-12-19(24)14-18(23)10-7-11-20(25)27-3/h4-6,8-9,12-13,16,18,21H,7,10-11,14-15H2,1-3H3/t18-,21-/m1/s1. The summed E-state index contributed by atoms with van der Waals surface area (Å²) in [6.45, 7) is 4.14. The van der Waals surface area contributed by atoms with E-state index in [1.54, 1.807) is 6.20 Å². The van der Waals surface area contributed by atoms with Gasteiger partial charge in [-0.05, 0) is 30.4 Å². The summed E-state index contributed by atoms with van der Waals surface area (Å²) in [5.41, 5.74) is 0.928. The zero-order valence-electron chi connectivity index (χ0n) is 16.8. The normalized spacial score (nSPS) is 17.5. The number of hydrogen-bond donors (Lipinski definition) is 0. The van der Waals surface area contributed by atoms with E-state index in [0.29, 0.717) is 25.7 Å². The number of nitrogens with zero attached hydrogens (tertiary/aromatic N) is 1. The topological polar surface area (TPSA) is 72.9 Å². The van der Waals surface area contributed by atoms with Crippen LogP contribution in [0.15, 0.2) is 42.6 Å². The fraction of sp³-hybridized carbons (Fsp3) is 0.500. The maximum absolute atomic E-state index is 12.9. The van der Waals surface area contributed by atoms with Crippen molar-refractivity contribution in [2.75, 3.05) is 7.11 Å². The van der Waals surface area contributed by atoms with E-state index >= 15 is 0 Å². The number of benzene rings is 1. The van der Waals surface area contributed by atoms with Crippen LogP contribution in [0.1, 0.15) is 45.1 Å². The molecule has 2 rings (SSSR count). The molecule has 1 aromatic carbocycles. The van der Waals surface area contributed by atoms with Gasteiger partial charge in [-0.25, -0.2) is 4.79 Å². The lowest BCUT2D eigenvalue weighted by molar-refractivity contribution is -0.154. The summed E-state index contributed by atoms with van der Waals surface area (Å²) >= 11 is 0. The van der Waals surface area contributed by atoms with Crippen LogP contribution in [-0.2, 0) is 30.5 Å². The fourth-order valence-corrected chi connectivity index (χ4v) is 3.40. The molecule has 0 saturated heterocycles. The Balaban J connectivity index is 2.06. The molecule has 0 aromatic heterocycles. The number of carbonyl (C=O) groups is 3. The van der Waals surface area contributed by atoms with Crippen LogP contribution in [0.3, 0.4) is 0 Å². The van der Waals surface area contributed by atoms with Gasteiger partial charge in [0.1, 0.15) is 12.6 Å². The van der Waals surface area contributed by atoms with Crippen LogP contribution in [0, 0.1) is 5.92 Å². The Labute approximate surface area is 166 Å².